The van der Waals surface area contributed by atoms with Gasteiger partial charge in [-0.1, -0.05) is 19.1 Å². The van der Waals surface area contributed by atoms with Gasteiger partial charge < -0.3 is 5.73 Å². The summed E-state index contributed by atoms with van der Waals surface area (Å²) in [6, 6.07) is 0. The van der Waals surface area contributed by atoms with Crippen molar-refractivity contribution in [2.24, 2.45) is 5.73 Å². The molecule has 0 unspecified atom stereocenters. The number of nitrogens with zero attached hydrogens (tertiary/aromatic N) is 3. The molecule has 0 saturated heterocycles. The third-order valence-electron chi connectivity index (χ3n) is 1.65. The lowest BCUT2D eigenvalue weighted by Crippen LogP contribution is -2.03. The van der Waals surface area contributed by atoms with E-state index >= 15 is 0 Å². The molecule has 0 amide bonds. The van der Waals surface area contributed by atoms with Crippen molar-refractivity contribution in [1.29, 1.82) is 0 Å². The molecule has 0 bridgehead atoms. The Balaban J connectivity index is 2.58. The number of hydrogen-bond donors (Lipinski definition) is 1. The number of rotatable bonds is 4. The van der Waals surface area contributed by atoms with E-state index in [9.17, 15) is 0 Å². The topological polar surface area (TPSA) is 56.7 Å². The average molecular weight is 166 g/mol. The molecule has 0 aliphatic carbocycles. The first-order chi connectivity index (χ1) is 5.76. The summed E-state index contributed by atoms with van der Waals surface area (Å²) in [6.45, 7) is 7.09. The molecule has 1 heterocycles. The maximum absolute atomic E-state index is 5.37. The van der Waals surface area contributed by atoms with Crippen molar-refractivity contribution in [3.63, 3.8) is 0 Å². The monoisotopic (exact) mass is 166 g/mol. The highest BCUT2D eigenvalue weighted by molar-refractivity contribution is 4.93. The van der Waals surface area contributed by atoms with Gasteiger partial charge in [-0.15, -0.1) is 0 Å². The average Bonchev–Trinajstić information content (AvgIpc) is 2.52. The lowest BCUT2D eigenvalue weighted by atomic mass is 10.2. The molecule has 0 aliphatic rings. The van der Waals surface area contributed by atoms with Gasteiger partial charge >= 0.3 is 0 Å². The third-order valence-corrected chi connectivity index (χ3v) is 1.65. The van der Waals surface area contributed by atoms with Crippen LogP contribution in [0.15, 0.2) is 18.5 Å². The van der Waals surface area contributed by atoms with Crippen LogP contribution in [-0.2, 0) is 13.1 Å². The van der Waals surface area contributed by atoms with E-state index in [1.807, 2.05) is 0 Å². The van der Waals surface area contributed by atoms with Gasteiger partial charge in [-0.3, -0.25) is 0 Å². The van der Waals surface area contributed by atoms with Gasteiger partial charge in [-0.25, -0.2) is 9.67 Å². The highest BCUT2D eigenvalue weighted by atomic mass is 15.3. The van der Waals surface area contributed by atoms with Crippen LogP contribution in [0.1, 0.15) is 19.2 Å². The molecule has 0 atom stereocenters. The highest BCUT2D eigenvalue weighted by Gasteiger charge is 1.98. The second kappa shape index (κ2) is 4.01. The third kappa shape index (κ3) is 2.17. The molecule has 4 heteroatoms. The summed E-state index contributed by atoms with van der Waals surface area (Å²) in [7, 11) is 0. The molecular weight excluding hydrogens is 152 g/mol. The Morgan fingerprint density at radius 2 is 2.50 bits per heavy atom. The van der Waals surface area contributed by atoms with Crippen LogP contribution in [0.3, 0.4) is 0 Å². The van der Waals surface area contributed by atoms with Crippen LogP contribution >= 0.6 is 0 Å². The largest absolute Gasteiger partial charge is 0.324 e. The fourth-order valence-electron chi connectivity index (χ4n) is 0.844. The first-order valence-electron chi connectivity index (χ1n) is 4.01. The minimum Gasteiger partial charge on any atom is -0.324 e. The summed E-state index contributed by atoms with van der Waals surface area (Å²) >= 11 is 0. The molecule has 4 nitrogen and oxygen atoms in total. The van der Waals surface area contributed by atoms with E-state index in [0.29, 0.717) is 12.4 Å². The molecule has 0 saturated carbocycles. The number of nitrogens with two attached hydrogens (primary N) is 1. The summed E-state index contributed by atoms with van der Waals surface area (Å²) in [6.07, 6.45) is 2.65. The molecule has 0 spiro atoms. The fourth-order valence-corrected chi connectivity index (χ4v) is 0.844. The zero-order chi connectivity index (χ0) is 8.97. The number of allylic oxidation sites excluding steroid dienone is 1. The second-order valence-electron chi connectivity index (χ2n) is 2.67. The molecular formula is C8H14N4. The Morgan fingerprint density at radius 3 is 3.00 bits per heavy atom. The zero-order valence-corrected chi connectivity index (χ0v) is 7.32. The maximum atomic E-state index is 5.37. The second-order valence-corrected chi connectivity index (χ2v) is 2.67. The van der Waals surface area contributed by atoms with Crippen LogP contribution in [0.4, 0.5) is 0 Å². The van der Waals surface area contributed by atoms with Crippen molar-refractivity contribution in [2.45, 2.75) is 26.4 Å². The fraction of sp³-hybridized carbons (Fsp3) is 0.500. The minimum atomic E-state index is 0.394. The molecule has 0 aromatic carbocycles. The predicted octanol–water partition coefficient (Wildman–Crippen LogP) is 0.703. The van der Waals surface area contributed by atoms with E-state index in [-0.39, 0.29) is 0 Å². The van der Waals surface area contributed by atoms with E-state index in [1.54, 1.807) is 11.0 Å². The van der Waals surface area contributed by atoms with Gasteiger partial charge in [0.2, 0.25) is 0 Å². The standard InChI is InChI=1S/C8H14N4/c1-3-7(2)5-12-6-10-8(4-9)11-12/h6H,2-5,9H2,1H3. The summed E-state index contributed by atoms with van der Waals surface area (Å²) in [5.74, 6) is 0.680. The molecule has 1 aromatic heterocycles. The van der Waals surface area contributed by atoms with Gasteiger partial charge in [-0.2, -0.15) is 5.10 Å². The van der Waals surface area contributed by atoms with Crippen molar-refractivity contribution in [1.82, 2.24) is 14.8 Å². The van der Waals surface area contributed by atoms with Crippen molar-refractivity contribution >= 4 is 0 Å². The van der Waals surface area contributed by atoms with Crippen LogP contribution in [0.2, 0.25) is 0 Å². The van der Waals surface area contributed by atoms with E-state index in [1.165, 1.54) is 0 Å². The Hall–Kier alpha value is -1.16. The SMILES string of the molecule is C=C(CC)Cn1cnc(CN)n1. The summed E-state index contributed by atoms with van der Waals surface area (Å²) < 4.78 is 1.76. The van der Waals surface area contributed by atoms with Crippen LogP contribution in [0.5, 0.6) is 0 Å². The maximum Gasteiger partial charge on any atom is 0.164 e. The molecule has 0 radical (unpaired) electrons. The minimum absolute atomic E-state index is 0.394. The van der Waals surface area contributed by atoms with Crippen molar-refractivity contribution in [3.05, 3.63) is 24.3 Å². The molecule has 66 valence electrons. The quantitative estimate of drug-likeness (QED) is 0.670. The van der Waals surface area contributed by atoms with Crippen molar-refractivity contribution < 1.29 is 0 Å². The van der Waals surface area contributed by atoms with Crippen LogP contribution < -0.4 is 5.73 Å². The van der Waals surface area contributed by atoms with Gasteiger partial charge in [0.05, 0.1) is 13.1 Å². The first-order valence-corrected chi connectivity index (χ1v) is 4.01. The van der Waals surface area contributed by atoms with E-state index in [4.69, 9.17) is 5.73 Å². The summed E-state index contributed by atoms with van der Waals surface area (Å²) in [4.78, 5) is 4.01. The van der Waals surface area contributed by atoms with Crippen molar-refractivity contribution in [3.8, 4) is 0 Å². The van der Waals surface area contributed by atoms with E-state index < -0.39 is 0 Å². The van der Waals surface area contributed by atoms with Gasteiger partial charge in [0, 0.05) is 0 Å². The van der Waals surface area contributed by atoms with E-state index in [2.05, 4.69) is 23.6 Å². The predicted molar refractivity (Wildman–Crippen MR) is 47.3 cm³/mol. The number of hydrogen-bond acceptors (Lipinski definition) is 3. The Labute approximate surface area is 72.1 Å². The van der Waals surface area contributed by atoms with Crippen molar-refractivity contribution in [2.75, 3.05) is 0 Å². The first kappa shape index (κ1) is 8.93. The zero-order valence-electron chi connectivity index (χ0n) is 7.32. The highest BCUT2D eigenvalue weighted by Crippen LogP contribution is 1.99. The van der Waals surface area contributed by atoms with Gasteiger partial charge in [0.1, 0.15) is 6.33 Å². The Bertz CT molecular complexity index is 264. The lowest BCUT2D eigenvalue weighted by molar-refractivity contribution is 0.652. The van der Waals surface area contributed by atoms with Crippen LogP contribution in [-0.4, -0.2) is 14.8 Å². The van der Waals surface area contributed by atoms with Gasteiger partial charge in [-0.05, 0) is 6.42 Å². The van der Waals surface area contributed by atoms with Gasteiger partial charge in [0.15, 0.2) is 5.82 Å². The Morgan fingerprint density at radius 1 is 1.75 bits per heavy atom. The molecule has 1 rings (SSSR count). The smallest absolute Gasteiger partial charge is 0.164 e. The lowest BCUT2D eigenvalue weighted by Gasteiger charge is -2.00. The molecule has 2 N–H and O–H groups in total. The Kier molecular flexibility index (Phi) is 2.99. The molecule has 1 aromatic rings. The molecule has 12 heavy (non-hydrogen) atoms. The van der Waals surface area contributed by atoms with Crippen LogP contribution in [0, 0.1) is 0 Å². The summed E-state index contributed by atoms with van der Waals surface area (Å²) in [5, 5.41) is 4.14. The molecule has 0 aliphatic heterocycles. The summed E-state index contributed by atoms with van der Waals surface area (Å²) in [5.41, 5.74) is 6.51. The van der Waals surface area contributed by atoms with Crippen LogP contribution in [0.25, 0.3) is 0 Å². The van der Waals surface area contributed by atoms with E-state index in [0.717, 1.165) is 18.5 Å². The van der Waals surface area contributed by atoms with Gasteiger partial charge in [0.25, 0.3) is 0 Å². The molecule has 0 fully saturated rings. The number of aromatic nitrogens is 3. The normalized spacial score (nSPS) is 10.2.